The summed E-state index contributed by atoms with van der Waals surface area (Å²) >= 11 is 0. The van der Waals surface area contributed by atoms with E-state index in [1.807, 2.05) is 6.08 Å². The minimum Gasteiger partial charge on any atom is -0.490 e. The maximum Gasteiger partial charge on any atom is 0.123 e. The van der Waals surface area contributed by atoms with Crippen molar-refractivity contribution < 1.29 is 9.47 Å². The summed E-state index contributed by atoms with van der Waals surface area (Å²) in [6, 6.07) is 8.42. The third kappa shape index (κ3) is 6.23. The highest BCUT2D eigenvalue weighted by atomic mass is 16.6. The van der Waals surface area contributed by atoms with Gasteiger partial charge in [-0.2, -0.15) is 0 Å². The van der Waals surface area contributed by atoms with Crippen molar-refractivity contribution in [1.82, 2.24) is 0 Å². The molecule has 2 rings (SSSR count). The molecule has 2 nitrogen and oxygen atoms in total. The second-order valence-electron chi connectivity index (χ2n) is 6.58. The van der Waals surface area contributed by atoms with Gasteiger partial charge in [0.1, 0.15) is 18.0 Å². The molecule has 1 aliphatic rings. The fourth-order valence-corrected chi connectivity index (χ4v) is 2.60. The molecule has 0 bridgehead atoms. The monoisotopic (exact) mass is 302 g/mol. The summed E-state index contributed by atoms with van der Waals surface area (Å²) in [7, 11) is 0. The van der Waals surface area contributed by atoms with E-state index < -0.39 is 0 Å². The molecule has 0 amide bonds. The number of hydrogen-bond donors (Lipinski definition) is 0. The predicted molar refractivity (Wildman–Crippen MR) is 92.5 cm³/mol. The quantitative estimate of drug-likeness (QED) is 0.296. The topological polar surface area (TPSA) is 21.8 Å². The first-order valence-corrected chi connectivity index (χ1v) is 8.69. The SMILES string of the molecule is C=CCCCCCCCCc1ccccc1OCC1(C)CO1. The zero-order chi connectivity index (χ0) is 15.7. The van der Waals surface area contributed by atoms with Crippen molar-refractivity contribution in [3.8, 4) is 5.75 Å². The third-order valence-electron chi connectivity index (χ3n) is 4.25. The molecule has 0 aliphatic carbocycles. The zero-order valence-corrected chi connectivity index (χ0v) is 14.0. The van der Waals surface area contributed by atoms with E-state index in [9.17, 15) is 0 Å². The van der Waals surface area contributed by atoms with Crippen LogP contribution in [0.5, 0.6) is 5.75 Å². The van der Waals surface area contributed by atoms with Gasteiger partial charge >= 0.3 is 0 Å². The Labute approximate surface area is 135 Å². The van der Waals surface area contributed by atoms with Crippen molar-refractivity contribution in [2.24, 2.45) is 0 Å². The Balaban J connectivity index is 1.63. The Kier molecular flexibility index (Phi) is 6.98. The molecule has 0 N–H and O–H groups in total. The molecule has 0 spiro atoms. The molecule has 1 heterocycles. The smallest absolute Gasteiger partial charge is 0.123 e. The maximum atomic E-state index is 5.95. The van der Waals surface area contributed by atoms with Crippen LogP contribution in [-0.2, 0) is 11.2 Å². The summed E-state index contributed by atoms with van der Waals surface area (Å²) in [6.07, 6.45) is 12.2. The number of unbranched alkanes of at least 4 members (excludes halogenated alkanes) is 6. The third-order valence-corrected chi connectivity index (χ3v) is 4.25. The van der Waals surface area contributed by atoms with E-state index >= 15 is 0 Å². The van der Waals surface area contributed by atoms with Crippen LogP contribution in [0.25, 0.3) is 0 Å². The zero-order valence-electron chi connectivity index (χ0n) is 14.0. The van der Waals surface area contributed by atoms with Crippen LogP contribution in [-0.4, -0.2) is 18.8 Å². The molecular formula is C20H30O2. The highest BCUT2D eigenvalue weighted by molar-refractivity contribution is 5.33. The van der Waals surface area contributed by atoms with Gasteiger partial charge in [0.15, 0.2) is 0 Å². The fraction of sp³-hybridized carbons (Fsp3) is 0.600. The van der Waals surface area contributed by atoms with Crippen LogP contribution in [0.2, 0.25) is 0 Å². The number of hydrogen-bond acceptors (Lipinski definition) is 2. The Morgan fingerprint density at radius 2 is 1.82 bits per heavy atom. The van der Waals surface area contributed by atoms with Gasteiger partial charge in [-0.15, -0.1) is 6.58 Å². The molecule has 122 valence electrons. The van der Waals surface area contributed by atoms with E-state index in [0.717, 1.165) is 25.2 Å². The van der Waals surface area contributed by atoms with Gasteiger partial charge in [0, 0.05) is 0 Å². The van der Waals surface area contributed by atoms with Crippen LogP contribution < -0.4 is 4.74 Å². The number of benzene rings is 1. The van der Waals surface area contributed by atoms with Crippen molar-refractivity contribution in [2.45, 2.75) is 63.9 Å². The highest BCUT2D eigenvalue weighted by Gasteiger charge is 2.40. The van der Waals surface area contributed by atoms with Gasteiger partial charge in [-0.25, -0.2) is 0 Å². The van der Waals surface area contributed by atoms with Gasteiger partial charge in [-0.05, 0) is 44.2 Å². The molecule has 1 fully saturated rings. The normalized spacial score (nSPS) is 19.9. The molecule has 1 unspecified atom stereocenters. The van der Waals surface area contributed by atoms with Gasteiger partial charge in [0.2, 0.25) is 0 Å². The molecule has 1 aliphatic heterocycles. The average molecular weight is 302 g/mol. The molecule has 1 atom stereocenters. The molecule has 22 heavy (non-hydrogen) atoms. The Hall–Kier alpha value is -1.28. The first-order valence-electron chi connectivity index (χ1n) is 8.69. The van der Waals surface area contributed by atoms with E-state index in [4.69, 9.17) is 9.47 Å². The molecule has 0 aromatic heterocycles. The van der Waals surface area contributed by atoms with Gasteiger partial charge in [0.05, 0.1) is 6.61 Å². The largest absolute Gasteiger partial charge is 0.490 e. The number of rotatable bonds is 12. The molecule has 1 saturated heterocycles. The minimum absolute atomic E-state index is 0.0431. The second-order valence-corrected chi connectivity index (χ2v) is 6.58. The van der Waals surface area contributed by atoms with Crippen LogP contribution in [0.1, 0.15) is 57.4 Å². The molecule has 0 saturated carbocycles. The predicted octanol–water partition coefficient (Wildman–Crippen LogP) is 5.31. The van der Waals surface area contributed by atoms with Gasteiger partial charge in [0.25, 0.3) is 0 Å². The molecule has 2 heteroatoms. The lowest BCUT2D eigenvalue weighted by Gasteiger charge is -2.13. The van der Waals surface area contributed by atoms with Crippen LogP contribution >= 0.6 is 0 Å². The van der Waals surface area contributed by atoms with Crippen molar-refractivity contribution in [1.29, 1.82) is 0 Å². The van der Waals surface area contributed by atoms with Crippen LogP contribution in [0.4, 0.5) is 0 Å². The molecular weight excluding hydrogens is 272 g/mol. The van der Waals surface area contributed by atoms with Gasteiger partial charge < -0.3 is 9.47 Å². The summed E-state index contributed by atoms with van der Waals surface area (Å²) in [4.78, 5) is 0. The standard InChI is InChI=1S/C20H30O2/c1-3-4-5-6-7-8-9-10-13-18-14-11-12-15-19(18)21-16-20(2)17-22-20/h3,11-12,14-15H,1,4-10,13,16-17H2,2H3. The number of epoxide rings is 1. The second kappa shape index (κ2) is 8.99. The average Bonchev–Trinajstić information content (AvgIpc) is 3.27. The number of ether oxygens (including phenoxy) is 2. The highest BCUT2D eigenvalue weighted by Crippen LogP contribution is 2.28. The summed E-state index contributed by atoms with van der Waals surface area (Å²) < 4.78 is 11.3. The summed E-state index contributed by atoms with van der Waals surface area (Å²) in [5.41, 5.74) is 1.29. The number of para-hydroxylation sites is 1. The Morgan fingerprint density at radius 1 is 1.14 bits per heavy atom. The first kappa shape index (κ1) is 17.1. The van der Waals surface area contributed by atoms with E-state index in [1.54, 1.807) is 0 Å². The van der Waals surface area contributed by atoms with Crippen molar-refractivity contribution >= 4 is 0 Å². The first-order chi connectivity index (χ1) is 10.7. The van der Waals surface area contributed by atoms with Crippen LogP contribution in [0.3, 0.4) is 0 Å². The maximum absolute atomic E-state index is 5.95. The Bertz CT molecular complexity index is 449. The van der Waals surface area contributed by atoms with E-state index in [-0.39, 0.29) is 5.60 Å². The summed E-state index contributed by atoms with van der Waals surface area (Å²) in [5, 5.41) is 0. The molecule has 1 aromatic rings. The van der Waals surface area contributed by atoms with E-state index in [0.29, 0.717) is 6.61 Å². The molecule has 1 aromatic carbocycles. The lowest BCUT2D eigenvalue weighted by molar-refractivity contribution is 0.201. The lowest BCUT2D eigenvalue weighted by Crippen LogP contribution is -2.17. The van der Waals surface area contributed by atoms with E-state index in [2.05, 4.69) is 37.8 Å². The van der Waals surface area contributed by atoms with Crippen molar-refractivity contribution in [2.75, 3.05) is 13.2 Å². The van der Waals surface area contributed by atoms with Gasteiger partial charge in [-0.3, -0.25) is 0 Å². The lowest BCUT2D eigenvalue weighted by atomic mass is 10.0. The molecule has 0 radical (unpaired) electrons. The van der Waals surface area contributed by atoms with Crippen LogP contribution in [0, 0.1) is 0 Å². The van der Waals surface area contributed by atoms with Crippen molar-refractivity contribution in [3.05, 3.63) is 42.5 Å². The van der Waals surface area contributed by atoms with Crippen LogP contribution in [0.15, 0.2) is 36.9 Å². The minimum atomic E-state index is -0.0431. The summed E-state index contributed by atoms with van der Waals surface area (Å²) in [5.74, 6) is 1.03. The summed E-state index contributed by atoms with van der Waals surface area (Å²) in [6.45, 7) is 7.34. The number of aryl methyl sites for hydroxylation is 1. The fourth-order valence-electron chi connectivity index (χ4n) is 2.60. The Morgan fingerprint density at radius 3 is 2.55 bits per heavy atom. The van der Waals surface area contributed by atoms with Gasteiger partial charge in [-0.1, -0.05) is 50.0 Å². The van der Waals surface area contributed by atoms with E-state index in [1.165, 1.54) is 44.1 Å². The number of allylic oxidation sites excluding steroid dienone is 1. The van der Waals surface area contributed by atoms with Crippen molar-refractivity contribution in [3.63, 3.8) is 0 Å².